The second kappa shape index (κ2) is 10.7. The zero-order valence-electron chi connectivity index (χ0n) is 10.0. The summed E-state index contributed by atoms with van der Waals surface area (Å²) in [7, 11) is 5.79. The van der Waals surface area contributed by atoms with Crippen LogP contribution in [0.3, 0.4) is 0 Å². The van der Waals surface area contributed by atoms with Crippen LogP contribution in [0.4, 0.5) is 0 Å². The first-order valence-corrected chi connectivity index (χ1v) is 6.42. The van der Waals surface area contributed by atoms with E-state index in [1.165, 1.54) is 0 Å². The fraction of sp³-hybridized carbons (Fsp3) is 1.00. The molecule has 0 radical (unpaired) electrons. The number of ether oxygens (including phenoxy) is 1. The SMILES string of the molecule is COCCNCC(O)CSCCN(C)C. The molecule has 0 heterocycles. The van der Waals surface area contributed by atoms with E-state index in [0.29, 0.717) is 13.2 Å². The van der Waals surface area contributed by atoms with Crippen LogP contribution >= 0.6 is 11.8 Å². The van der Waals surface area contributed by atoms with Crippen LogP contribution in [0.2, 0.25) is 0 Å². The Bertz CT molecular complexity index is 137. The molecule has 0 spiro atoms. The molecular weight excluding hydrogens is 212 g/mol. The highest BCUT2D eigenvalue weighted by Crippen LogP contribution is 2.02. The number of methoxy groups -OCH3 is 1. The lowest BCUT2D eigenvalue weighted by Gasteiger charge is -2.12. The Morgan fingerprint density at radius 2 is 2.20 bits per heavy atom. The number of aliphatic hydroxyl groups is 1. The highest BCUT2D eigenvalue weighted by molar-refractivity contribution is 7.99. The van der Waals surface area contributed by atoms with Crippen LogP contribution in [0.15, 0.2) is 0 Å². The lowest BCUT2D eigenvalue weighted by molar-refractivity contribution is 0.175. The number of nitrogens with one attached hydrogen (secondary N) is 1. The van der Waals surface area contributed by atoms with Gasteiger partial charge in [0.25, 0.3) is 0 Å². The maximum Gasteiger partial charge on any atom is 0.0754 e. The van der Waals surface area contributed by atoms with Crippen molar-refractivity contribution >= 4 is 11.8 Å². The summed E-state index contributed by atoms with van der Waals surface area (Å²) < 4.78 is 4.89. The van der Waals surface area contributed by atoms with Crippen molar-refractivity contribution in [3.05, 3.63) is 0 Å². The number of thioether (sulfide) groups is 1. The molecule has 0 amide bonds. The third-order valence-electron chi connectivity index (χ3n) is 1.86. The molecule has 4 nitrogen and oxygen atoms in total. The van der Waals surface area contributed by atoms with E-state index in [1.54, 1.807) is 18.9 Å². The summed E-state index contributed by atoms with van der Waals surface area (Å²) >= 11 is 1.79. The van der Waals surface area contributed by atoms with E-state index in [4.69, 9.17) is 4.74 Å². The Hall–Kier alpha value is 0.190. The molecule has 92 valence electrons. The molecule has 0 aliphatic heterocycles. The monoisotopic (exact) mass is 236 g/mol. The molecule has 2 N–H and O–H groups in total. The van der Waals surface area contributed by atoms with Gasteiger partial charge in [0, 0.05) is 38.2 Å². The summed E-state index contributed by atoms with van der Waals surface area (Å²) in [5.41, 5.74) is 0. The highest BCUT2D eigenvalue weighted by atomic mass is 32.2. The summed E-state index contributed by atoms with van der Waals surface area (Å²) in [5, 5.41) is 12.7. The number of hydrogen-bond donors (Lipinski definition) is 2. The van der Waals surface area contributed by atoms with Crippen molar-refractivity contribution in [2.24, 2.45) is 0 Å². The number of rotatable bonds is 10. The number of hydrogen-bond acceptors (Lipinski definition) is 5. The Labute approximate surface area is 97.4 Å². The lowest BCUT2D eigenvalue weighted by atomic mass is 10.4. The predicted molar refractivity (Wildman–Crippen MR) is 66.6 cm³/mol. The van der Waals surface area contributed by atoms with Gasteiger partial charge in [-0.3, -0.25) is 0 Å². The van der Waals surface area contributed by atoms with E-state index >= 15 is 0 Å². The average Bonchev–Trinajstić information content (AvgIpc) is 2.19. The van der Waals surface area contributed by atoms with E-state index in [0.717, 1.165) is 24.6 Å². The summed E-state index contributed by atoms with van der Waals surface area (Å²) in [6.07, 6.45) is -0.256. The topological polar surface area (TPSA) is 44.7 Å². The number of nitrogens with zero attached hydrogens (tertiary/aromatic N) is 1. The van der Waals surface area contributed by atoms with Gasteiger partial charge in [-0.25, -0.2) is 0 Å². The Morgan fingerprint density at radius 3 is 2.80 bits per heavy atom. The molecule has 0 aromatic carbocycles. The van der Waals surface area contributed by atoms with Gasteiger partial charge in [0.05, 0.1) is 12.7 Å². The minimum Gasteiger partial charge on any atom is -0.391 e. The molecule has 5 heteroatoms. The number of aliphatic hydroxyl groups excluding tert-OH is 1. The van der Waals surface area contributed by atoms with Gasteiger partial charge in [-0.2, -0.15) is 11.8 Å². The normalized spacial score (nSPS) is 13.4. The Kier molecular flexibility index (Phi) is 10.8. The average molecular weight is 236 g/mol. The van der Waals surface area contributed by atoms with Crippen LogP contribution < -0.4 is 5.32 Å². The summed E-state index contributed by atoms with van der Waals surface area (Å²) in [5.74, 6) is 1.87. The highest BCUT2D eigenvalue weighted by Gasteiger charge is 2.03. The first-order chi connectivity index (χ1) is 7.16. The van der Waals surface area contributed by atoms with Gasteiger partial charge in [-0.15, -0.1) is 0 Å². The van der Waals surface area contributed by atoms with E-state index < -0.39 is 0 Å². The van der Waals surface area contributed by atoms with Gasteiger partial charge >= 0.3 is 0 Å². The van der Waals surface area contributed by atoms with Crippen molar-refractivity contribution in [2.45, 2.75) is 6.10 Å². The van der Waals surface area contributed by atoms with E-state index in [9.17, 15) is 5.11 Å². The van der Waals surface area contributed by atoms with Crippen LogP contribution in [0.1, 0.15) is 0 Å². The quantitative estimate of drug-likeness (QED) is 0.518. The molecule has 0 aromatic heterocycles. The van der Waals surface area contributed by atoms with Gasteiger partial charge in [0.2, 0.25) is 0 Å². The Balaban J connectivity index is 3.15. The largest absolute Gasteiger partial charge is 0.391 e. The molecule has 0 rings (SSSR count). The zero-order chi connectivity index (χ0) is 11.5. The molecule has 0 fully saturated rings. The van der Waals surface area contributed by atoms with Crippen molar-refractivity contribution in [1.29, 1.82) is 0 Å². The molecular formula is C10H24N2O2S. The van der Waals surface area contributed by atoms with Crippen molar-refractivity contribution in [1.82, 2.24) is 10.2 Å². The van der Waals surface area contributed by atoms with Crippen LogP contribution in [-0.4, -0.2) is 75.1 Å². The fourth-order valence-corrected chi connectivity index (χ4v) is 2.02. The molecule has 15 heavy (non-hydrogen) atoms. The van der Waals surface area contributed by atoms with Gasteiger partial charge in [-0.05, 0) is 14.1 Å². The first kappa shape index (κ1) is 15.2. The van der Waals surface area contributed by atoms with Crippen molar-refractivity contribution < 1.29 is 9.84 Å². The van der Waals surface area contributed by atoms with Crippen LogP contribution in [-0.2, 0) is 4.74 Å². The van der Waals surface area contributed by atoms with Gasteiger partial charge in [0.1, 0.15) is 0 Å². The second-order valence-electron chi connectivity index (χ2n) is 3.73. The second-order valence-corrected chi connectivity index (χ2v) is 4.88. The van der Waals surface area contributed by atoms with Crippen molar-refractivity contribution in [2.75, 3.05) is 59.0 Å². The molecule has 0 saturated carbocycles. The molecule has 0 bridgehead atoms. The maximum atomic E-state index is 9.58. The minimum atomic E-state index is -0.256. The smallest absolute Gasteiger partial charge is 0.0754 e. The molecule has 1 unspecified atom stereocenters. The molecule has 1 atom stereocenters. The van der Waals surface area contributed by atoms with Gasteiger partial charge in [-0.1, -0.05) is 0 Å². The fourth-order valence-electron chi connectivity index (χ4n) is 0.968. The van der Waals surface area contributed by atoms with E-state index in [-0.39, 0.29) is 6.10 Å². The van der Waals surface area contributed by atoms with Gasteiger partial charge in [0.15, 0.2) is 0 Å². The summed E-state index contributed by atoms with van der Waals surface area (Å²) in [4.78, 5) is 2.15. The first-order valence-electron chi connectivity index (χ1n) is 5.27. The van der Waals surface area contributed by atoms with Crippen LogP contribution in [0.25, 0.3) is 0 Å². The van der Waals surface area contributed by atoms with Crippen LogP contribution in [0.5, 0.6) is 0 Å². The van der Waals surface area contributed by atoms with E-state index in [2.05, 4.69) is 24.3 Å². The van der Waals surface area contributed by atoms with E-state index in [1.807, 2.05) is 0 Å². The predicted octanol–water partition coefficient (Wildman–Crippen LogP) is -0.122. The molecule has 0 aliphatic carbocycles. The summed E-state index contributed by atoms with van der Waals surface area (Å²) in [6, 6.07) is 0. The third kappa shape index (κ3) is 12.1. The minimum absolute atomic E-state index is 0.256. The molecule has 0 aliphatic rings. The standard InChI is InChI=1S/C10H24N2O2S/c1-12(2)5-7-15-9-10(13)8-11-4-6-14-3/h10-11,13H,4-9H2,1-3H3. The van der Waals surface area contributed by atoms with Gasteiger partial charge < -0.3 is 20.1 Å². The lowest BCUT2D eigenvalue weighted by Crippen LogP contribution is -2.31. The van der Waals surface area contributed by atoms with Crippen molar-refractivity contribution in [3.8, 4) is 0 Å². The third-order valence-corrected chi connectivity index (χ3v) is 2.95. The Morgan fingerprint density at radius 1 is 1.47 bits per heavy atom. The molecule has 0 aromatic rings. The van der Waals surface area contributed by atoms with Crippen LogP contribution in [0, 0.1) is 0 Å². The summed E-state index contributed by atoms with van der Waals surface area (Å²) in [6.45, 7) is 3.21. The molecule has 0 saturated heterocycles. The maximum absolute atomic E-state index is 9.58. The van der Waals surface area contributed by atoms with Crippen molar-refractivity contribution in [3.63, 3.8) is 0 Å². The zero-order valence-corrected chi connectivity index (χ0v) is 10.8.